The van der Waals surface area contributed by atoms with Gasteiger partial charge in [0.2, 0.25) is 0 Å². The van der Waals surface area contributed by atoms with Gasteiger partial charge in [0.05, 0.1) is 8.07 Å². The van der Waals surface area contributed by atoms with Crippen LogP contribution in [0.25, 0.3) is 0 Å². The molecule has 90 valence electrons. The average molecular weight is 259 g/mol. The van der Waals surface area contributed by atoms with E-state index in [1.807, 2.05) is 13.8 Å². The molecule has 1 saturated heterocycles. The molecule has 0 unspecified atom stereocenters. The summed E-state index contributed by atoms with van der Waals surface area (Å²) in [4.78, 5) is 0. The van der Waals surface area contributed by atoms with E-state index in [1.54, 1.807) is 0 Å². The van der Waals surface area contributed by atoms with Crippen LogP contribution in [-0.2, 0) is 9.47 Å². The molecular formula is C12H19ClO2Si. The number of rotatable bonds is 2. The quantitative estimate of drug-likeness (QED) is 0.560. The van der Waals surface area contributed by atoms with Crippen molar-refractivity contribution in [2.75, 3.05) is 5.50 Å². The molecule has 0 radical (unpaired) electrons. The fraction of sp³-hybridized carbons (Fsp3) is 0.667. The molecule has 0 amide bonds. The van der Waals surface area contributed by atoms with Crippen molar-refractivity contribution in [2.24, 2.45) is 0 Å². The second-order valence-corrected chi connectivity index (χ2v) is 11.0. The normalized spacial score (nSPS) is 32.4. The van der Waals surface area contributed by atoms with Gasteiger partial charge in [-0.25, -0.2) is 0 Å². The maximum atomic E-state index is 6.09. The van der Waals surface area contributed by atoms with E-state index in [4.69, 9.17) is 21.1 Å². The summed E-state index contributed by atoms with van der Waals surface area (Å²) >= 11 is 6.09. The smallest absolute Gasteiger partial charge is 0.164 e. The molecule has 0 saturated carbocycles. The third-order valence-corrected chi connectivity index (χ3v) is 7.81. The summed E-state index contributed by atoms with van der Waals surface area (Å²) in [6.07, 6.45) is 6.44. The third kappa shape index (κ3) is 2.14. The SMILES string of the molecule is CC1(C)O[C@H]2C=CC=C([Si](C)(C)CCl)[C@H]2O1. The van der Waals surface area contributed by atoms with Crippen LogP contribution in [0.15, 0.2) is 23.4 Å². The zero-order valence-electron chi connectivity index (χ0n) is 10.3. The molecule has 16 heavy (non-hydrogen) atoms. The van der Waals surface area contributed by atoms with Crippen LogP contribution in [0.2, 0.25) is 13.1 Å². The van der Waals surface area contributed by atoms with E-state index >= 15 is 0 Å². The molecule has 2 atom stereocenters. The minimum Gasteiger partial charge on any atom is -0.340 e. The van der Waals surface area contributed by atoms with Crippen LogP contribution in [0.4, 0.5) is 0 Å². The van der Waals surface area contributed by atoms with Crippen LogP contribution in [0.5, 0.6) is 0 Å². The molecule has 0 aromatic rings. The van der Waals surface area contributed by atoms with Gasteiger partial charge in [-0.05, 0) is 19.0 Å². The minimum absolute atomic E-state index is 0.0602. The molecule has 0 N–H and O–H groups in total. The zero-order chi connectivity index (χ0) is 12.0. The summed E-state index contributed by atoms with van der Waals surface area (Å²) in [7, 11) is -1.55. The van der Waals surface area contributed by atoms with Gasteiger partial charge in [0, 0.05) is 5.50 Å². The molecule has 0 spiro atoms. The Morgan fingerprint density at radius 3 is 2.69 bits per heavy atom. The molecule has 1 aliphatic carbocycles. The monoisotopic (exact) mass is 258 g/mol. The molecule has 1 fully saturated rings. The Kier molecular flexibility index (Phi) is 3.08. The number of ether oxygens (including phenoxy) is 2. The van der Waals surface area contributed by atoms with E-state index in [0.29, 0.717) is 0 Å². The van der Waals surface area contributed by atoms with Crippen molar-refractivity contribution in [3.8, 4) is 0 Å². The first-order valence-corrected chi connectivity index (χ1v) is 9.40. The maximum Gasteiger partial charge on any atom is 0.164 e. The molecule has 4 heteroatoms. The van der Waals surface area contributed by atoms with Gasteiger partial charge in [0.15, 0.2) is 5.79 Å². The first-order valence-electron chi connectivity index (χ1n) is 5.66. The van der Waals surface area contributed by atoms with Gasteiger partial charge in [-0.3, -0.25) is 0 Å². The Morgan fingerprint density at radius 2 is 2.06 bits per heavy atom. The fourth-order valence-corrected chi connectivity index (χ4v) is 4.38. The van der Waals surface area contributed by atoms with Crippen molar-refractivity contribution >= 4 is 19.7 Å². The van der Waals surface area contributed by atoms with E-state index in [-0.39, 0.29) is 12.2 Å². The Bertz CT molecular complexity index is 347. The maximum absolute atomic E-state index is 6.09. The van der Waals surface area contributed by atoms with Crippen LogP contribution < -0.4 is 0 Å². The van der Waals surface area contributed by atoms with Gasteiger partial charge < -0.3 is 9.47 Å². The van der Waals surface area contributed by atoms with Crippen LogP contribution >= 0.6 is 11.6 Å². The lowest BCUT2D eigenvalue weighted by atomic mass is 10.1. The second-order valence-electron chi connectivity index (χ2n) is 5.55. The predicted octanol–water partition coefficient (Wildman–Crippen LogP) is 3.03. The number of halogens is 1. The number of allylic oxidation sites excluding steroid dienone is 2. The Balaban J connectivity index is 2.28. The van der Waals surface area contributed by atoms with Gasteiger partial charge in [-0.1, -0.05) is 31.3 Å². The van der Waals surface area contributed by atoms with E-state index < -0.39 is 13.9 Å². The molecule has 0 aromatic carbocycles. The Hall–Kier alpha value is -0.0931. The number of fused-ring (bicyclic) bond motifs is 1. The molecule has 0 aromatic heterocycles. The van der Waals surface area contributed by atoms with E-state index in [9.17, 15) is 0 Å². The van der Waals surface area contributed by atoms with Gasteiger partial charge in [-0.2, -0.15) is 0 Å². The van der Waals surface area contributed by atoms with Crippen molar-refractivity contribution in [3.63, 3.8) is 0 Å². The van der Waals surface area contributed by atoms with Crippen LogP contribution in [-0.4, -0.2) is 31.6 Å². The third-order valence-electron chi connectivity index (χ3n) is 3.13. The largest absolute Gasteiger partial charge is 0.340 e. The topological polar surface area (TPSA) is 18.5 Å². The number of hydrogen-bond donors (Lipinski definition) is 0. The number of alkyl halides is 1. The molecule has 1 aliphatic heterocycles. The lowest BCUT2D eigenvalue weighted by molar-refractivity contribution is -0.139. The Morgan fingerprint density at radius 1 is 1.38 bits per heavy atom. The molecule has 0 bridgehead atoms. The minimum atomic E-state index is -1.55. The van der Waals surface area contributed by atoms with E-state index in [0.717, 1.165) is 5.50 Å². The van der Waals surface area contributed by atoms with Crippen molar-refractivity contribution in [1.29, 1.82) is 0 Å². The highest BCUT2D eigenvalue weighted by molar-refractivity contribution is 6.89. The van der Waals surface area contributed by atoms with Gasteiger partial charge in [0.25, 0.3) is 0 Å². The zero-order valence-corrected chi connectivity index (χ0v) is 12.0. The fourth-order valence-electron chi connectivity index (χ4n) is 2.22. The highest BCUT2D eigenvalue weighted by Crippen LogP contribution is 2.38. The molecule has 2 nitrogen and oxygen atoms in total. The molecule has 2 aliphatic rings. The lowest BCUT2D eigenvalue weighted by Gasteiger charge is -2.31. The predicted molar refractivity (Wildman–Crippen MR) is 69.3 cm³/mol. The number of hydrogen-bond acceptors (Lipinski definition) is 2. The van der Waals surface area contributed by atoms with Gasteiger partial charge in [-0.15, -0.1) is 11.6 Å². The highest BCUT2D eigenvalue weighted by Gasteiger charge is 2.46. The summed E-state index contributed by atoms with van der Waals surface area (Å²) in [5.74, 6) is -0.486. The van der Waals surface area contributed by atoms with Gasteiger partial charge in [0.1, 0.15) is 12.2 Å². The summed E-state index contributed by atoms with van der Waals surface area (Å²) in [6.45, 7) is 8.48. The summed E-state index contributed by atoms with van der Waals surface area (Å²) < 4.78 is 11.8. The van der Waals surface area contributed by atoms with Crippen molar-refractivity contribution in [1.82, 2.24) is 0 Å². The lowest BCUT2D eigenvalue weighted by Crippen LogP contribution is -2.42. The molecular weight excluding hydrogens is 240 g/mol. The molecule has 1 heterocycles. The Labute approximate surface area is 103 Å². The summed E-state index contributed by atoms with van der Waals surface area (Å²) in [5, 5.41) is 1.36. The standard InChI is InChI=1S/C12H19ClO2Si/c1-12(2)14-9-6-5-7-10(11(9)15-12)16(3,4)8-13/h5-7,9,11H,8H2,1-4H3/t9-,11-/m0/s1. The van der Waals surface area contributed by atoms with Crippen LogP contribution in [0.1, 0.15) is 13.8 Å². The van der Waals surface area contributed by atoms with Crippen molar-refractivity contribution in [2.45, 2.75) is 44.9 Å². The van der Waals surface area contributed by atoms with Crippen molar-refractivity contribution in [3.05, 3.63) is 23.4 Å². The molecule has 2 rings (SSSR count). The average Bonchev–Trinajstić information content (AvgIpc) is 2.50. The summed E-state index contributed by atoms with van der Waals surface area (Å²) in [6, 6.07) is 0. The summed E-state index contributed by atoms with van der Waals surface area (Å²) in [5.41, 5.74) is 0.722. The van der Waals surface area contributed by atoms with Crippen LogP contribution in [0, 0.1) is 0 Å². The first-order chi connectivity index (χ1) is 7.36. The van der Waals surface area contributed by atoms with E-state index in [2.05, 4.69) is 31.3 Å². The van der Waals surface area contributed by atoms with Crippen molar-refractivity contribution < 1.29 is 9.47 Å². The van der Waals surface area contributed by atoms with Crippen LogP contribution in [0.3, 0.4) is 0 Å². The van der Waals surface area contributed by atoms with E-state index in [1.165, 1.54) is 5.20 Å². The first kappa shape index (κ1) is 12.4. The second kappa shape index (κ2) is 3.98. The van der Waals surface area contributed by atoms with Gasteiger partial charge >= 0.3 is 0 Å². The highest BCUT2D eigenvalue weighted by atomic mass is 35.5.